The summed E-state index contributed by atoms with van der Waals surface area (Å²) < 4.78 is 0. The van der Waals surface area contributed by atoms with E-state index in [1.165, 1.54) is 0 Å². The van der Waals surface area contributed by atoms with Crippen LogP contribution in [0.2, 0.25) is 0 Å². The topological polar surface area (TPSA) is 34.1 Å². The van der Waals surface area contributed by atoms with Gasteiger partial charge >= 0.3 is 0 Å². The lowest BCUT2D eigenvalue weighted by Crippen LogP contribution is -2.46. The zero-order valence-corrected chi connectivity index (χ0v) is 17.8. The van der Waals surface area contributed by atoms with Crippen molar-refractivity contribution in [3.05, 3.63) is 0 Å². The highest BCUT2D eigenvalue weighted by Crippen LogP contribution is 2.48. The minimum Gasteiger partial charge on any atom is -0.299 e. The van der Waals surface area contributed by atoms with Gasteiger partial charge in [0.25, 0.3) is 0 Å². The SMILES string of the molecule is CC(C)(C)CC(C)(C)C1CC(=O)C(C(C)(C)CC(C)(C)C)CC1=O. The largest absolute Gasteiger partial charge is 0.299 e. The van der Waals surface area contributed by atoms with Crippen LogP contribution in [0.4, 0.5) is 0 Å². The molecule has 0 aliphatic heterocycles. The van der Waals surface area contributed by atoms with Gasteiger partial charge in [0.05, 0.1) is 0 Å². The van der Waals surface area contributed by atoms with Crippen molar-refractivity contribution in [2.75, 3.05) is 0 Å². The van der Waals surface area contributed by atoms with Gasteiger partial charge in [0, 0.05) is 24.7 Å². The van der Waals surface area contributed by atoms with Crippen molar-refractivity contribution in [3.8, 4) is 0 Å². The second-order valence-corrected chi connectivity index (χ2v) is 11.9. The second kappa shape index (κ2) is 6.57. The van der Waals surface area contributed by atoms with Crippen LogP contribution in [0.25, 0.3) is 0 Å². The molecule has 1 aliphatic rings. The Hall–Kier alpha value is -0.660. The van der Waals surface area contributed by atoms with Gasteiger partial charge in [-0.05, 0) is 34.5 Å². The molecule has 0 radical (unpaired) electrons. The Bertz CT molecular complexity index is 437. The lowest BCUT2D eigenvalue weighted by molar-refractivity contribution is -0.145. The molecule has 1 fully saturated rings. The maximum atomic E-state index is 12.9. The fourth-order valence-electron chi connectivity index (χ4n) is 5.32. The van der Waals surface area contributed by atoms with Crippen LogP contribution in [-0.2, 0) is 9.59 Å². The summed E-state index contributed by atoms with van der Waals surface area (Å²) in [4.78, 5) is 25.9. The minimum absolute atomic E-state index is 0.120. The zero-order chi connectivity index (χ0) is 19.1. The van der Waals surface area contributed by atoms with Gasteiger partial charge in [-0.1, -0.05) is 69.2 Å². The number of carbonyl (C=O) groups is 2. The Morgan fingerprint density at radius 2 is 0.875 bits per heavy atom. The zero-order valence-electron chi connectivity index (χ0n) is 17.8. The third-order valence-electron chi connectivity index (χ3n) is 5.45. The van der Waals surface area contributed by atoms with Crippen LogP contribution in [0.1, 0.15) is 94.9 Å². The maximum absolute atomic E-state index is 12.9. The molecule has 140 valence electrons. The van der Waals surface area contributed by atoms with E-state index < -0.39 is 0 Å². The Balaban J connectivity index is 2.96. The second-order valence-electron chi connectivity index (χ2n) is 11.9. The van der Waals surface area contributed by atoms with E-state index in [4.69, 9.17) is 0 Å². The summed E-state index contributed by atoms with van der Waals surface area (Å²) in [6.45, 7) is 21.9. The molecule has 0 saturated heterocycles. The monoisotopic (exact) mass is 336 g/mol. The van der Waals surface area contributed by atoms with Gasteiger partial charge in [-0.15, -0.1) is 0 Å². The summed E-state index contributed by atoms with van der Waals surface area (Å²) in [6.07, 6.45) is 2.78. The summed E-state index contributed by atoms with van der Waals surface area (Å²) >= 11 is 0. The van der Waals surface area contributed by atoms with Crippen LogP contribution in [0.3, 0.4) is 0 Å². The summed E-state index contributed by atoms with van der Waals surface area (Å²) in [7, 11) is 0. The molecule has 0 spiro atoms. The Labute approximate surface area is 150 Å². The van der Waals surface area contributed by atoms with E-state index >= 15 is 0 Å². The molecule has 0 aromatic heterocycles. The summed E-state index contributed by atoms with van der Waals surface area (Å²) in [5.74, 6) is 0.364. The molecule has 1 rings (SSSR count). The fraction of sp³-hybridized carbons (Fsp3) is 0.909. The van der Waals surface area contributed by atoms with Gasteiger partial charge in [-0.3, -0.25) is 9.59 Å². The van der Waals surface area contributed by atoms with Crippen molar-refractivity contribution in [2.45, 2.75) is 94.9 Å². The van der Waals surface area contributed by atoms with Gasteiger partial charge < -0.3 is 0 Å². The molecule has 0 heterocycles. The molecule has 0 aromatic rings. The summed E-state index contributed by atoms with van der Waals surface area (Å²) in [6, 6.07) is 0. The molecular formula is C22H40O2. The van der Waals surface area contributed by atoms with Crippen LogP contribution in [0, 0.1) is 33.5 Å². The summed E-state index contributed by atoms with van der Waals surface area (Å²) in [5.41, 5.74) is 0.0820. The third kappa shape index (κ3) is 5.70. The van der Waals surface area contributed by atoms with Gasteiger partial charge in [-0.2, -0.15) is 0 Å². The van der Waals surface area contributed by atoms with Crippen molar-refractivity contribution in [1.29, 1.82) is 0 Å². The van der Waals surface area contributed by atoms with E-state index in [9.17, 15) is 9.59 Å². The fourth-order valence-corrected chi connectivity index (χ4v) is 5.32. The standard InChI is InChI=1S/C22H40O2/c1-19(2,3)13-21(7,8)15-11-18(24)16(12-17(15)23)22(9,10)14-20(4,5)6/h15-16H,11-14H2,1-10H3. The van der Waals surface area contributed by atoms with E-state index in [1.807, 2.05) is 0 Å². The van der Waals surface area contributed by atoms with Gasteiger partial charge in [0.1, 0.15) is 11.6 Å². The van der Waals surface area contributed by atoms with Gasteiger partial charge in [0.2, 0.25) is 0 Å². The van der Waals surface area contributed by atoms with Gasteiger partial charge in [-0.25, -0.2) is 0 Å². The van der Waals surface area contributed by atoms with Crippen molar-refractivity contribution in [2.24, 2.45) is 33.5 Å². The number of carbonyl (C=O) groups excluding carboxylic acids is 2. The van der Waals surface area contributed by atoms with Crippen LogP contribution < -0.4 is 0 Å². The molecule has 2 heteroatoms. The number of Topliss-reactive ketones (excluding diaryl/α,β-unsaturated/α-hetero) is 2. The minimum atomic E-state index is -0.121. The molecule has 0 N–H and O–H groups in total. The first-order chi connectivity index (χ1) is 10.4. The average Bonchev–Trinajstić information content (AvgIpc) is 2.24. The van der Waals surface area contributed by atoms with Crippen LogP contribution in [0.15, 0.2) is 0 Å². The van der Waals surface area contributed by atoms with E-state index in [0.717, 1.165) is 12.8 Å². The summed E-state index contributed by atoms with van der Waals surface area (Å²) in [5, 5.41) is 0. The van der Waals surface area contributed by atoms with E-state index in [2.05, 4.69) is 69.2 Å². The highest BCUT2D eigenvalue weighted by Gasteiger charge is 2.48. The molecule has 1 aliphatic carbocycles. The first-order valence-electron chi connectivity index (χ1n) is 9.50. The predicted octanol–water partition coefficient (Wildman–Crippen LogP) is 6.08. The first-order valence-corrected chi connectivity index (χ1v) is 9.50. The molecule has 1 saturated carbocycles. The first kappa shape index (κ1) is 21.4. The number of hydrogen-bond acceptors (Lipinski definition) is 2. The molecule has 0 aromatic carbocycles. The van der Waals surface area contributed by atoms with Crippen molar-refractivity contribution < 1.29 is 9.59 Å². The van der Waals surface area contributed by atoms with E-state index in [-0.39, 0.29) is 33.5 Å². The normalized spacial score (nSPS) is 24.4. The Kier molecular flexibility index (Phi) is 5.86. The third-order valence-corrected chi connectivity index (χ3v) is 5.45. The molecule has 0 amide bonds. The molecular weight excluding hydrogens is 296 g/mol. The smallest absolute Gasteiger partial charge is 0.137 e. The lowest BCUT2D eigenvalue weighted by atomic mass is 9.58. The average molecular weight is 337 g/mol. The van der Waals surface area contributed by atoms with Gasteiger partial charge in [0.15, 0.2) is 0 Å². The predicted molar refractivity (Wildman–Crippen MR) is 102 cm³/mol. The number of ketones is 2. The molecule has 2 atom stereocenters. The van der Waals surface area contributed by atoms with Crippen molar-refractivity contribution in [1.82, 2.24) is 0 Å². The van der Waals surface area contributed by atoms with Crippen molar-refractivity contribution in [3.63, 3.8) is 0 Å². The van der Waals surface area contributed by atoms with Crippen molar-refractivity contribution >= 4 is 11.6 Å². The van der Waals surface area contributed by atoms with Crippen LogP contribution in [-0.4, -0.2) is 11.6 Å². The van der Waals surface area contributed by atoms with E-state index in [0.29, 0.717) is 24.4 Å². The molecule has 0 bridgehead atoms. The molecule has 24 heavy (non-hydrogen) atoms. The molecule has 2 unspecified atom stereocenters. The highest BCUT2D eigenvalue weighted by molar-refractivity contribution is 5.97. The number of hydrogen-bond donors (Lipinski definition) is 0. The Morgan fingerprint density at radius 3 is 1.08 bits per heavy atom. The number of rotatable bonds is 4. The Morgan fingerprint density at radius 1 is 0.625 bits per heavy atom. The molecule has 2 nitrogen and oxygen atoms in total. The van der Waals surface area contributed by atoms with E-state index in [1.54, 1.807) is 0 Å². The highest BCUT2D eigenvalue weighted by atomic mass is 16.1. The maximum Gasteiger partial charge on any atom is 0.137 e. The van der Waals surface area contributed by atoms with Crippen LogP contribution in [0.5, 0.6) is 0 Å². The quantitative estimate of drug-likeness (QED) is 0.624. The lowest BCUT2D eigenvalue weighted by Gasteiger charge is -2.45. The van der Waals surface area contributed by atoms with Crippen LogP contribution >= 0.6 is 0 Å².